The van der Waals surface area contributed by atoms with Crippen molar-refractivity contribution in [3.05, 3.63) is 70.4 Å². The van der Waals surface area contributed by atoms with E-state index in [9.17, 15) is 26.4 Å². The molecule has 0 bridgehead atoms. The minimum absolute atomic E-state index is 0.00443. The highest BCUT2D eigenvalue weighted by Crippen LogP contribution is 2.46. The van der Waals surface area contributed by atoms with Crippen molar-refractivity contribution in [2.24, 2.45) is 0 Å². The van der Waals surface area contributed by atoms with Crippen molar-refractivity contribution in [2.75, 3.05) is 18.8 Å². The van der Waals surface area contributed by atoms with Gasteiger partial charge in [0.1, 0.15) is 0 Å². The molecule has 2 unspecified atom stereocenters. The van der Waals surface area contributed by atoms with Crippen LogP contribution in [0.3, 0.4) is 0 Å². The Balaban J connectivity index is 1.41. The maximum atomic E-state index is 13.7. The lowest BCUT2D eigenvalue weighted by atomic mass is 9.91. The molecule has 198 valence electrons. The molecule has 1 aromatic heterocycles. The lowest BCUT2D eigenvalue weighted by molar-refractivity contribution is -0.137. The smallest absolute Gasteiger partial charge is 0.331 e. The van der Waals surface area contributed by atoms with E-state index < -0.39 is 32.7 Å². The number of nitrogens with zero attached hydrogens (tertiary/aromatic N) is 3. The minimum atomic E-state index is -4.65. The Morgan fingerprint density at radius 1 is 1.08 bits per heavy atom. The fraction of sp³-hybridized carbons (Fsp3) is 0.462. The van der Waals surface area contributed by atoms with Crippen LogP contribution in [0.5, 0.6) is 0 Å². The van der Waals surface area contributed by atoms with Crippen molar-refractivity contribution in [3.63, 3.8) is 0 Å². The van der Waals surface area contributed by atoms with Crippen molar-refractivity contribution in [3.8, 4) is 0 Å². The number of aromatic nitrogens is 1. The average Bonchev–Trinajstić information content (AvgIpc) is 3.37. The van der Waals surface area contributed by atoms with Gasteiger partial charge < -0.3 is 4.90 Å². The summed E-state index contributed by atoms with van der Waals surface area (Å²) in [6.45, 7) is 0.723. The minimum Gasteiger partial charge on any atom is -0.331 e. The van der Waals surface area contributed by atoms with Crippen LogP contribution in [0.4, 0.5) is 13.2 Å². The zero-order valence-electron chi connectivity index (χ0n) is 20.2. The van der Waals surface area contributed by atoms with E-state index in [1.54, 1.807) is 12.4 Å². The largest absolute Gasteiger partial charge is 0.416 e. The fourth-order valence-corrected chi connectivity index (χ4v) is 8.50. The number of thioether (sulfide) groups is 1. The van der Waals surface area contributed by atoms with Crippen LogP contribution in [0.15, 0.2) is 64.2 Å². The van der Waals surface area contributed by atoms with Gasteiger partial charge in [-0.3, -0.25) is 9.78 Å². The molecule has 1 saturated heterocycles. The van der Waals surface area contributed by atoms with Crippen molar-refractivity contribution in [1.82, 2.24) is 14.2 Å². The van der Waals surface area contributed by atoms with E-state index in [0.717, 1.165) is 42.7 Å². The molecule has 1 amide bonds. The van der Waals surface area contributed by atoms with Crippen LogP contribution in [-0.2, 0) is 21.0 Å². The van der Waals surface area contributed by atoms with Crippen LogP contribution >= 0.6 is 11.8 Å². The number of piperidine rings is 1. The third kappa shape index (κ3) is 5.31. The van der Waals surface area contributed by atoms with E-state index in [4.69, 9.17) is 0 Å². The summed E-state index contributed by atoms with van der Waals surface area (Å²) in [6.07, 6.45) is 2.29. The summed E-state index contributed by atoms with van der Waals surface area (Å²) in [7, 11) is -4.21. The van der Waals surface area contributed by atoms with Gasteiger partial charge >= 0.3 is 6.18 Å². The molecule has 3 aliphatic rings. The molecule has 5 rings (SSSR count). The Kier molecular flexibility index (Phi) is 7.39. The van der Waals surface area contributed by atoms with Crippen LogP contribution < -0.4 is 0 Å². The predicted molar refractivity (Wildman–Crippen MR) is 135 cm³/mol. The van der Waals surface area contributed by atoms with Gasteiger partial charge in [0.05, 0.1) is 16.5 Å². The van der Waals surface area contributed by atoms with E-state index >= 15 is 0 Å². The number of rotatable bonds is 5. The van der Waals surface area contributed by atoms with Crippen LogP contribution in [0.25, 0.3) is 0 Å². The van der Waals surface area contributed by atoms with E-state index in [2.05, 4.69) is 4.98 Å². The van der Waals surface area contributed by atoms with Crippen LogP contribution in [0.1, 0.15) is 55.7 Å². The van der Waals surface area contributed by atoms with E-state index in [1.807, 2.05) is 28.8 Å². The van der Waals surface area contributed by atoms with Crippen molar-refractivity contribution < 1.29 is 26.4 Å². The molecule has 6 nitrogen and oxygen atoms in total. The normalized spacial score (nSPS) is 23.3. The van der Waals surface area contributed by atoms with Gasteiger partial charge in [-0.05, 0) is 72.1 Å². The molecule has 0 radical (unpaired) electrons. The number of pyridine rings is 1. The molecule has 4 heterocycles. The summed E-state index contributed by atoms with van der Waals surface area (Å²) in [5.74, 6) is 0.848. The first-order valence-electron chi connectivity index (χ1n) is 12.4. The number of hydrogen-bond acceptors (Lipinski definition) is 5. The molecule has 1 aromatic carbocycles. The highest BCUT2D eigenvalue weighted by atomic mass is 32.2. The Morgan fingerprint density at radius 2 is 1.86 bits per heavy atom. The van der Waals surface area contributed by atoms with E-state index in [-0.39, 0.29) is 24.9 Å². The van der Waals surface area contributed by atoms with Gasteiger partial charge in [0.25, 0.3) is 0 Å². The van der Waals surface area contributed by atoms with Crippen molar-refractivity contribution >= 4 is 27.7 Å². The number of carbonyl (C=O) groups excluding carboxylic acids is 1. The number of hydrogen-bond donors (Lipinski definition) is 0. The first-order chi connectivity index (χ1) is 17.7. The number of alkyl halides is 3. The van der Waals surface area contributed by atoms with Gasteiger partial charge in [-0.25, -0.2) is 8.42 Å². The molecule has 11 heteroatoms. The Morgan fingerprint density at radius 3 is 2.62 bits per heavy atom. The van der Waals surface area contributed by atoms with Gasteiger partial charge in [-0.1, -0.05) is 12.5 Å². The topological polar surface area (TPSA) is 70.6 Å². The SMILES string of the molecule is O=C(CC1CCCCN1S(=O)(=O)c1cccc(C(F)(F)F)c1)N1CCC2=C(CCS2)C1c1ccncc1. The predicted octanol–water partition coefficient (Wildman–Crippen LogP) is 5.40. The highest BCUT2D eigenvalue weighted by molar-refractivity contribution is 8.03. The third-order valence-corrected chi connectivity index (χ3v) is 10.5. The molecule has 0 aliphatic carbocycles. The molecule has 1 fully saturated rings. The summed E-state index contributed by atoms with van der Waals surface area (Å²) < 4.78 is 68.0. The molecular weight excluding hydrogens is 523 g/mol. The van der Waals surface area contributed by atoms with Gasteiger partial charge in [-0.15, -0.1) is 11.8 Å². The highest BCUT2D eigenvalue weighted by Gasteiger charge is 2.40. The molecule has 0 spiro atoms. The monoisotopic (exact) mass is 551 g/mol. The standard InChI is InChI=1S/C26H28F3N3O3S2/c27-26(28,29)19-4-3-6-21(16-19)37(34,35)32-13-2-1-5-20(32)17-24(33)31-14-9-23-22(10-15-36-23)25(31)18-7-11-30-12-8-18/h3-4,6-8,11-12,16,20,25H,1-2,5,9-10,13-15,17H2. The molecular formula is C26H28F3N3O3S2. The second kappa shape index (κ2) is 10.4. The molecule has 2 atom stereocenters. The number of benzene rings is 1. The number of halogens is 3. The Bertz CT molecular complexity index is 1300. The third-order valence-electron chi connectivity index (χ3n) is 7.32. The van der Waals surface area contributed by atoms with Crippen molar-refractivity contribution in [1.29, 1.82) is 0 Å². The van der Waals surface area contributed by atoms with Gasteiger partial charge in [0, 0.05) is 43.7 Å². The van der Waals surface area contributed by atoms with Gasteiger partial charge in [-0.2, -0.15) is 17.5 Å². The first-order valence-corrected chi connectivity index (χ1v) is 14.8. The average molecular weight is 552 g/mol. The summed E-state index contributed by atoms with van der Waals surface area (Å²) in [6, 6.07) is 6.85. The fourth-order valence-electron chi connectivity index (χ4n) is 5.55. The van der Waals surface area contributed by atoms with Gasteiger partial charge in [0.15, 0.2) is 0 Å². The molecule has 3 aliphatic heterocycles. The molecule has 37 heavy (non-hydrogen) atoms. The second-order valence-electron chi connectivity index (χ2n) is 9.56. The second-order valence-corrected chi connectivity index (χ2v) is 12.6. The van der Waals surface area contributed by atoms with Crippen molar-refractivity contribution in [2.45, 2.75) is 61.7 Å². The maximum Gasteiger partial charge on any atom is 0.416 e. The van der Waals surface area contributed by atoms with Crippen LogP contribution in [0.2, 0.25) is 0 Å². The number of amides is 1. The lowest BCUT2D eigenvalue weighted by Gasteiger charge is -2.40. The number of sulfonamides is 1. The molecule has 0 N–H and O–H groups in total. The summed E-state index contributed by atoms with van der Waals surface area (Å²) in [4.78, 5) is 20.6. The lowest BCUT2D eigenvalue weighted by Crippen LogP contribution is -2.47. The number of carbonyl (C=O) groups is 1. The maximum absolute atomic E-state index is 13.7. The van der Waals surface area contributed by atoms with E-state index in [0.29, 0.717) is 25.5 Å². The Hall–Kier alpha value is -2.37. The van der Waals surface area contributed by atoms with Gasteiger partial charge in [0.2, 0.25) is 15.9 Å². The van der Waals surface area contributed by atoms with Crippen LogP contribution in [-0.4, -0.2) is 53.4 Å². The summed E-state index contributed by atoms with van der Waals surface area (Å²) in [5, 5.41) is 0. The summed E-state index contributed by atoms with van der Waals surface area (Å²) >= 11 is 1.84. The van der Waals surface area contributed by atoms with Crippen LogP contribution in [0, 0.1) is 0 Å². The Labute approximate surface area is 219 Å². The zero-order chi connectivity index (χ0) is 26.2. The molecule has 0 saturated carbocycles. The van der Waals surface area contributed by atoms with E-state index in [1.165, 1.54) is 20.8 Å². The molecule has 2 aromatic rings. The first kappa shape index (κ1) is 26.2. The quantitative estimate of drug-likeness (QED) is 0.498. The summed E-state index contributed by atoms with van der Waals surface area (Å²) in [5.41, 5.74) is 1.22. The zero-order valence-corrected chi connectivity index (χ0v) is 21.8.